The highest BCUT2D eigenvalue weighted by Crippen LogP contribution is 2.34. The van der Waals surface area contributed by atoms with Gasteiger partial charge in [-0.2, -0.15) is 0 Å². The molecule has 0 aliphatic rings. The van der Waals surface area contributed by atoms with Crippen LogP contribution in [0.15, 0.2) is 12.1 Å². The third kappa shape index (κ3) is 8.66. The van der Waals surface area contributed by atoms with Crippen LogP contribution in [0.4, 0.5) is 0 Å². The Morgan fingerprint density at radius 1 is 1.13 bits per heavy atom. The lowest BCUT2D eigenvalue weighted by molar-refractivity contribution is 0.128. The second-order valence-electron chi connectivity index (χ2n) is 5.03. The molecule has 0 atom stereocenters. The SMILES string of the molecule is CCCCOCCCNCc1cc(Cl)cc(OC)c1OCC.Cl. The summed E-state index contributed by atoms with van der Waals surface area (Å²) < 4.78 is 16.6. The molecular weight excluding hydrogens is 337 g/mol. The molecule has 0 radical (unpaired) electrons. The van der Waals surface area contributed by atoms with Gasteiger partial charge in [-0.3, -0.25) is 0 Å². The van der Waals surface area contributed by atoms with E-state index in [1.54, 1.807) is 13.2 Å². The highest BCUT2D eigenvalue weighted by Gasteiger charge is 2.12. The maximum absolute atomic E-state index is 6.13. The fourth-order valence-corrected chi connectivity index (χ4v) is 2.32. The van der Waals surface area contributed by atoms with Crippen molar-refractivity contribution in [2.75, 3.05) is 33.5 Å². The number of ether oxygens (including phenoxy) is 3. The Hall–Kier alpha value is -0.680. The molecule has 0 unspecified atom stereocenters. The van der Waals surface area contributed by atoms with Gasteiger partial charge in [-0.15, -0.1) is 12.4 Å². The Balaban J connectivity index is 0.00000484. The lowest BCUT2D eigenvalue weighted by Gasteiger charge is -2.15. The summed E-state index contributed by atoms with van der Waals surface area (Å²) in [5, 5.41) is 4.05. The van der Waals surface area contributed by atoms with Crippen molar-refractivity contribution in [1.29, 1.82) is 0 Å². The lowest BCUT2D eigenvalue weighted by Crippen LogP contribution is -2.17. The molecule has 1 aromatic carbocycles. The van der Waals surface area contributed by atoms with Gasteiger partial charge in [-0.05, 0) is 32.4 Å². The van der Waals surface area contributed by atoms with Crippen LogP contribution in [-0.4, -0.2) is 33.5 Å². The first-order valence-corrected chi connectivity index (χ1v) is 8.38. The van der Waals surface area contributed by atoms with Gasteiger partial charge in [-0.25, -0.2) is 0 Å². The molecule has 0 spiro atoms. The molecule has 6 heteroatoms. The zero-order chi connectivity index (χ0) is 16.2. The normalized spacial score (nSPS) is 10.3. The first kappa shape index (κ1) is 22.3. The standard InChI is InChI=1S/C17H28ClNO3.ClH/c1-4-6-9-21-10-7-8-19-13-14-11-15(18)12-16(20-3)17(14)22-5-2;/h11-12,19H,4-10,13H2,1-3H3;1H. The first-order chi connectivity index (χ1) is 10.7. The van der Waals surface area contributed by atoms with Crippen LogP contribution in [0.2, 0.25) is 5.02 Å². The monoisotopic (exact) mass is 365 g/mol. The van der Waals surface area contributed by atoms with E-state index in [1.807, 2.05) is 13.0 Å². The number of rotatable bonds is 12. The van der Waals surface area contributed by atoms with Crippen molar-refractivity contribution < 1.29 is 14.2 Å². The zero-order valence-electron chi connectivity index (χ0n) is 14.3. The molecule has 134 valence electrons. The summed E-state index contributed by atoms with van der Waals surface area (Å²) in [5.74, 6) is 1.44. The summed E-state index contributed by atoms with van der Waals surface area (Å²) in [6.45, 7) is 7.96. The number of hydrogen-bond acceptors (Lipinski definition) is 4. The van der Waals surface area contributed by atoms with Crippen molar-refractivity contribution in [3.63, 3.8) is 0 Å². The van der Waals surface area contributed by atoms with Gasteiger partial charge in [0.05, 0.1) is 13.7 Å². The summed E-state index contributed by atoms with van der Waals surface area (Å²) in [6.07, 6.45) is 3.30. The van der Waals surface area contributed by atoms with Crippen LogP contribution >= 0.6 is 24.0 Å². The van der Waals surface area contributed by atoms with Crippen LogP contribution in [0.1, 0.15) is 38.7 Å². The third-order valence-electron chi connectivity index (χ3n) is 3.21. The Bertz CT molecular complexity index is 431. The summed E-state index contributed by atoms with van der Waals surface area (Å²) in [7, 11) is 1.62. The number of benzene rings is 1. The highest BCUT2D eigenvalue weighted by atomic mass is 35.5. The van der Waals surface area contributed by atoms with Crippen molar-refractivity contribution >= 4 is 24.0 Å². The predicted octanol–water partition coefficient (Wildman–Crippen LogP) is 4.47. The van der Waals surface area contributed by atoms with Crippen LogP contribution in [-0.2, 0) is 11.3 Å². The third-order valence-corrected chi connectivity index (χ3v) is 3.42. The number of unbranched alkanes of at least 4 members (excludes halogenated alkanes) is 1. The molecule has 0 amide bonds. The van der Waals surface area contributed by atoms with Crippen LogP contribution in [0.3, 0.4) is 0 Å². The van der Waals surface area contributed by atoms with Gasteiger partial charge >= 0.3 is 0 Å². The Morgan fingerprint density at radius 2 is 1.87 bits per heavy atom. The number of halogens is 2. The van der Waals surface area contributed by atoms with Gasteiger partial charge in [0.25, 0.3) is 0 Å². The molecule has 0 fully saturated rings. The molecule has 0 aromatic heterocycles. The van der Waals surface area contributed by atoms with E-state index in [9.17, 15) is 0 Å². The van der Waals surface area contributed by atoms with Gasteiger partial charge in [0.15, 0.2) is 11.5 Å². The number of hydrogen-bond donors (Lipinski definition) is 1. The quantitative estimate of drug-likeness (QED) is 0.554. The van der Waals surface area contributed by atoms with Gasteiger partial charge in [0.1, 0.15) is 0 Å². The maximum Gasteiger partial charge on any atom is 0.165 e. The number of methoxy groups -OCH3 is 1. The van der Waals surface area contributed by atoms with Crippen LogP contribution in [0, 0.1) is 0 Å². The topological polar surface area (TPSA) is 39.7 Å². The maximum atomic E-state index is 6.13. The van der Waals surface area contributed by atoms with E-state index in [4.69, 9.17) is 25.8 Å². The van der Waals surface area contributed by atoms with E-state index in [0.29, 0.717) is 23.9 Å². The van der Waals surface area contributed by atoms with Crippen molar-refractivity contribution in [1.82, 2.24) is 5.32 Å². The van der Waals surface area contributed by atoms with Crippen LogP contribution < -0.4 is 14.8 Å². The molecule has 23 heavy (non-hydrogen) atoms. The van der Waals surface area contributed by atoms with Gasteiger partial charge in [-0.1, -0.05) is 24.9 Å². The van der Waals surface area contributed by atoms with Gasteiger partial charge < -0.3 is 19.5 Å². The minimum absolute atomic E-state index is 0. The predicted molar refractivity (Wildman–Crippen MR) is 98.5 cm³/mol. The second kappa shape index (κ2) is 13.7. The van der Waals surface area contributed by atoms with E-state index in [0.717, 1.165) is 43.9 Å². The smallest absolute Gasteiger partial charge is 0.165 e. The molecule has 0 aliphatic heterocycles. The molecular formula is C17H29Cl2NO3. The summed E-state index contributed by atoms with van der Waals surface area (Å²) in [5.41, 5.74) is 1.01. The zero-order valence-corrected chi connectivity index (χ0v) is 15.9. The molecule has 0 bridgehead atoms. The fourth-order valence-electron chi connectivity index (χ4n) is 2.08. The van der Waals surface area contributed by atoms with E-state index < -0.39 is 0 Å². The molecule has 0 saturated carbocycles. The Kier molecular flexibility index (Phi) is 13.3. The van der Waals surface area contributed by atoms with Crippen molar-refractivity contribution in [2.24, 2.45) is 0 Å². The average molecular weight is 366 g/mol. The summed E-state index contributed by atoms with van der Waals surface area (Å²) in [4.78, 5) is 0. The largest absolute Gasteiger partial charge is 0.493 e. The molecule has 0 saturated heterocycles. The van der Waals surface area contributed by atoms with E-state index in [-0.39, 0.29) is 12.4 Å². The highest BCUT2D eigenvalue weighted by molar-refractivity contribution is 6.30. The van der Waals surface area contributed by atoms with Crippen LogP contribution in [0.25, 0.3) is 0 Å². The molecule has 0 aliphatic carbocycles. The van der Waals surface area contributed by atoms with E-state index in [2.05, 4.69) is 12.2 Å². The molecule has 1 aromatic rings. The number of nitrogens with one attached hydrogen (secondary N) is 1. The van der Waals surface area contributed by atoms with E-state index >= 15 is 0 Å². The van der Waals surface area contributed by atoms with Gasteiger partial charge in [0.2, 0.25) is 0 Å². The Morgan fingerprint density at radius 3 is 2.52 bits per heavy atom. The lowest BCUT2D eigenvalue weighted by atomic mass is 10.1. The van der Waals surface area contributed by atoms with Crippen molar-refractivity contribution in [3.8, 4) is 11.5 Å². The minimum Gasteiger partial charge on any atom is -0.493 e. The molecule has 0 heterocycles. The minimum atomic E-state index is 0. The van der Waals surface area contributed by atoms with Gasteiger partial charge in [0, 0.05) is 36.4 Å². The first-order valence-electron chi connectivity index (χ1n) is 8.00. The van der Waals surface area contributed by atoms with Crippen molar-refractivity contribution in [2.45, 2.75) is 39.7 Å². The summed E-state index contributed by atoms with van der Waals surface area (Å²) >= 11 is 6.13. The van der Waals surface area contributed by atoms with Crippen LogP contribution in [0.5, 0.6) is 11.5 Å². The fraction of sp³-hybridized carbons (Fsp3) is 0.647. The molecule has 4 nitrogen and oxygen atoms in total. The molecule has 1 N–H and O–H groups in total. The summed E-state index contributed by atoms with van der Waals surface area (Å²) in [6, 6.07) is 3.69. The van der Waals surface area contributed by atoms with Crippen molar-refractivity contribution in [3.05, 3.63) is 22.7 Å². The average Bonchev–Trinajstić information content (AvgIpc) is 2.52. The second-order valence-corrected chi connectivity index (χ2v) is 5.46. The Labute approximate surface area is 151 Å². The molecule has 1 rings (SSSR count). The van der Waals surface area contributed by atoms with E-state index in [1.165, 1.54) is 6.42 Å².